The van der Waals surface area contributed by atoms with Crippen LogP contribution in [-0.2, 0) is 21.2 Å². The molecule has 1 atom stereocenters. The van der Waals surface area contributed by atoms with Crippen LogP contribution in [-0.4, -0.2) is 43.2 Å². The Kier molecular flexibility index (Phi) is 6.18. The summed E-state index contributed by atoms with van der Waals surface area (Å²) in [5, 5.41) is 13.5. The lowest BCUT2D eigenvalue weighted by atomic mass is 10.1. The molecular weight excluding hydrogens is 410 g/mol. The number of rotatable bonds is 6. The van der Waals surface area contributed by atoms with Crippen molar-refractivity contribution < 1.29 is 22.9 Å². The second-order valence-corrected chi connectivity index (χ2v) is 8.76. The van der Waals surface area contributed by atoms with Gasteiger partial charge in [-0.3, -0.25) is 14.9 Å². The third-order valence-corrected chi connectivity index (χ3v) is 6.63. The van der Waals surface area contributed by atoms with Crippen LogP contribution < -0.4 is 10.1 Å². The second-order valence-electron chi connectivity index (χ2n) is 6.87. The summed E-state index contributed by atoms with van der Waals surface area (Å²) in [5.41, 5.74) is 1.21. The standard InChI is InChI=1S/C20H21N3O6S/c1-14-12-21-20(24)19(11-15-3-7-17(29-2)8-4-15)22(13-14)30(27,28)18-9-5-16(6-10-18)23(25)26/h3-10,12,19H,11,13H2,1-2H3,(H,21,24)/t19-/m0/s1. The predicted octanol–water partition coefficient (Wildman–Crippen LogP) is 2.24. The Bertz CT molecular complexity index is 1080. The molecule has 0 saturated heterocycles. The largest absolute Gasteiger partial charge is 0.497 e. The molecule has 30 heavy (non-hydrogen) atoms. The van der Waals surface area contributed by atoms with Gasteiger partial charge in [0.15, 0.2) is 0 Å². The summed E-state index contributed by atoms with van der Waals surface area (Å²) in [6.07, 6.45) is 1.65. The van der Waals surface area contributed by atoms with Gasteiger partial charge in [0.2, 0.25) is 15.9 Å². The van der Waals surface area contributed by atoms with E-state index in [0.29, 0.717) is 11.3 Å². The molecule has 0 saturated carbocycles. The molecule has 1 N–H and O–H groups in total. The highest BCUT2D eigenvalue weighted by Gasteiger charge is 2.37. The van der Waals surface area contributed by atoms with Crippen LogP contribution in [0.1, 0.15) is 12.5 Å². The Balaban J connectivity index is 1.98. The second kappa shape index (κ2) is 8.64. The first kappa shape index (κ1) is 21.5. The van der Waals surface area contributed by atoms with Crippen LogP contribution in [0.2, 0.25) is 0 Å². The summed E-state index contributed by atoms with van der Waals surface area (Å²) in [5.74, 6) is 0.199. The van der Waals surface area contributed by atoms with Crippen LogP contribution in [0.5, 0.6) is 5.75 Å². The Morgan fingerprint density at radius 1 is 1.17 bits per heavy atom. The van der Waals surface area contributed by atoms with Crippen molar-refractivity contribution in [3.63, 3.8) is 0 Å². The minimum absolute atomic E-state index is 0.0128. The molecule has 0 aromatic heterocycles. The SMILES string of the molecule is COc1ccc(C[C@H]2C(=O)NC=C(C)CN2S(=O)(=O)c2ccc([N+](=O)[O-])cc2)cc1. The third kappa shape index (κ3) is 4.50. The summed E-state index contributed by atoms with van der Waals surface area (Å²) < 4.78 is 32.9. The summed E-state index contributed by atoms with van der Waals surface area (Å²) in [7, 11) is -2.55. The Hall–Kier alpha value is -3.24. The number of ether oxygens (including phenoxy) is 1. The van der Waals surface area contributed by atoms with Gasteiger partial charge in [-0.25, -0.2) is 8.42 Å². The van der Waals surface area contributed by atoms with Crippen molar-refractivity contribution >= 4 is 21.6 Å². The molecule has 1 amide bonds. The lowest BCUT2D eigenvalue weighted by Crippen LogP contribution is -2.48. The quantitative estimate of drug-likeness (QED) is 0.553. The van der Waals surface area contributed by atoms with E-state index in [-0.39, 0.29) is 23.5 Å². The number of carbonyl (C=O) groups excluding carboxylic acids is 1. The smallest absolute Gasteiger partial charge is 0.269 e. The average molecular weight is 431 g/mol. The van der Waals surface area contributed by atoms with E-state index >= 15 is 0 Å². The predicted molar refractivity (Wildman–Crippen MR) is 109 cm³/mol. The number of nitrogens with one attached hydrogen (secondary N) is 1. The zero-order valence-corrected chi connectivity index (χ0v) is 17.3. The van der Waals surface area contributed by atoms with Crippen LogP contribution in [0.4, 0.5) is 5.69 Å². The van der Waals surface area contributed by atoms with Gasteiger partial charge >= 0.3 is 0 Å². The van der Waals surface area contributed by atoms with Crippen molar-refractivity contribution in [1.29, 1.82) is 0 Å². The summed E-state index contributed by atoms with van der Waals surface area (Å²) in [6.45, 7) is 1.73. The maximum atomic E-state index is 13.3. The number of sulfonamides is 1. The summed E-state index contributed by atoms with van der Waals surface area (Å²) >= 11 is 0. The van der Waals surface area contributed by atoms with Gasteiger partial charge in [0, 0.05) is 24.9 Å². The Morgan fingerprint density at radius 3 is 2.37 bits per heavy atom. The Morgan fingerprint density at radius 2 is 1.80 bits per heavy atom. The highest BCUT2D eigenvalue weighted by molar-refractivity contribution is 7.89. The van der Waals surface area contributed by atoms with Gasteiger partial charge in [0.1, 0.15) is 11.8 Å². The normalized spacial score (nSPS) is 17.6. The molecule has 2 aromatic rings. The van der Waals surface area contributed by atoms with Gasteiger partial charge in [0.05, 0.1) is 16.9 Å². The third-order valence-electron chi connectivity index (χ3n) is 4.76. The van der Waals surface area contributed by atoms with Gasteiger partial charge in [-0.1, -0.05) is 12.1 Å². The maximum absolute atomic E-state index is 13.3. The monoisotopic (exact) mass is 431 g/mol. The number of hydrogen-bond acceptors (Lipinski definition) is 6. The van der Waals surface area contributed by atoms with Gasteiger partial charge in [0.25, 0.3) is 5.69 Å². The van der Waals surface area contributed by atoms with E-state index in [1.807, 2.05) is 0 Å². The minimum Gasteiger partial charge on any atom is -0.497 e. The number of amides is 1. The fourth-order valence-electron chi connectivity index (χ4n) is 3.13. The number of hydrogen-bond donors (Lipinski definition) is 1. The lowest BCUT2D eigenvalue weighted by molar-refractivity contribution is -0.384. The zero-order valence-electron chi connectivity index (χ0n) is 16.4. The van der Waals surface area contributed by atoms with Crippen molar-refractivity contribution in [2.24, 2.45) is 0 Å². The molecule has 1 heterocycles. The van der Waals surface area contributed by atoms with Crippen LogP contribution in [0, 0.1) is 10.1 Å². The van der Waals surface area contributed by atoms with E-state index in [0.717, 1.165) is 22.0 Å². The first-order valence-corrected chi connectivity index (χ1v) is 10.5. The molecule has 0 fully saturated rings. The highest BCUT2D eigenvalue weighted by Crippen LogP contribution is 2.25. The Labute approximate surface area is 174 Å². The molecule has 0 aliphatic carbocycles. The molecule has 0 spiro atoms. The molecule has 0 bridgehead atoms. The van der Waals surface area contributed by atoms with Gasteiger partial charge < -0.3 is 10.1 Å². The molecule has 0 radical (unpaired) electrons. The summed E-state index contributed by atoms with van der Waals surface area (Å²) in [4.78, 5) is 22.9. The van der Waals surface area contributed by atoms with E-state index < -0.39 is 26.9 Å². The number of carbonyl (C=O) groups is 1. The average Bonchev–Trinajstić information content (AvgIpc) is 2.88. The number of methoxy groups -OCH3 is 1. The van der Waals surface area contributed by atoms with Crippen molar-refractivity contribution in [1.82, 2.24) is 9.62 Å². The first-order chi connectivity index (χ1) is 14.2. The van der Waals surface area contributed by atoms with Crippen LogP contribution in [0.3, 0.4) is 0 Å². The van der Waals surface area contributed by atoms with E-state index in [2.05, 4.69) is 5.32 Å². The number of nitrogens with zero attached hydrogens (tertiary/aromatic N) is 2. The van der Waals surface area contributed by atoms with Crippen molar-refractivity contribution in [2.45, 2.75) is 24.3 Å². The molecule has 0 unspecified atom stereocenters. The highest BCUT2D eigenvalue weighted by atomic mass is 32.2. The van der Waals surface area contributed by atoms with Crippen LogP contribution in [0.15, 0.2) is 65.2 Å². The minimum atomic E-state index is -4.09. The van der Waals surface area contributed by atoms with Crippen molar-refractivity contribution in [3.05, 3.63) is 76.0 Å². The maximum Gasteiger partial charge on any atom is 0.269 e. The van der Waals surface area contributed by atoms with Crippen LogP contribution >= 0.6 is 0 Å². The molecule has 1 aliphatic rings. The van der Waals surface area contributed by atoms with Gasteiger partial charge in [-0.05, 0) is 48.7 Å². The molecule has 1 aliphatic heterocycles. The number of benzene rings is 2. The van der Waals surface area contributed by atoms with Crippen LogP contribution in [0.25, 0.3) is 0 Å². The molecule has 2 aromatic carbocycles. The van der Waals surface area contributed by atoms with E-state index in [1.165, 1.54) is 18.3 Å². The molecular formula is C20H21N3O6S. The first-order valence-electron chi connectivity index (χ1n) is 9.07. The molecule has 3 rings (SSSR count). The van der Waals surface area contributed by atoms with Gasteiger partial charge in [-0.2, -0.15) is 4.31 Å². The zero-order chi connectivity index (χ0) is 21.9. The van der Waals surface area contributed by atoms with E-state index in [4.69, 9.17) is 4.74 Å². The van der Waals surface area contributed by atoms with Crippen molar-refractivity contribution in [2.75, 3.05) is 13.7 Å². The van der Waals surface area contributed by atoms with E-state index in [9.17, 15) is 23.3 Å². The number of nitro groups is 1. The summed E-state index contributed by atoms with van der Waals surface area (Å²) in [6, 6.07) is 10.7. The molecule has 10 heteroatoms. The van der Waals surface area contributed by atoms with Crippen molar-refractivity contribution in [3.8, 4) is 5.75 Å². The topological polar surface area (TPSA) is 119 Å². The van der Waals surface area contributed by atoms with E-state index in [1.54, 1.807) is 38.3 Å². The fourth-order valence-corrected chi connectivity index (χ4v) is 4.76. The number of nitro benzene ring substituents is 1. The fraction of sp³-hybridized carbons (Fsp3) is 0.250. The lowest BCUT2D eigenvalue weighted by Gasteiger charge is -2.28. The molecule has 158 valence electrons. The number of non-ortho nitro benzene ring substituents is 1. The van der Waals surface area contributed by atoms with Gasteiger partial charge in [-0.15, -0.1) is 0 Å². The molecule has 9 nitrogen and oxygen atoms in total.